The van der Waals surface area contributed by atoms with Crippen LogP contribution in [0.5, 0.6) is 5.75 Å². The lowest BCUT2D eigenvalue weighted by Gasteiger charge is -2.13. The number of nitrogens with zero attached hydrogens (tertiary/aromatic N) is 1. The summed E-state index contributed by atoms with van der Waals surface area (Å²) in [6.45, 7) is 1.22. The minimum Gasteiger partial charge on any atom is -0.497 e. The van der Waals surface area contributed by atoms with Gasteiger partial charge in [-0.2, -0.15) is 0 Å². The molecule has 0 aliphatic carbocycles. The van der Waals surface area contributed by atoms with Crippen LogP contribution in [0, 0.1) is 0 Å². The molecule has 2 aromatic carbocycles. The molecule has 26 heavy (non-hydrogen) atoms. The zero-order valence-corrected chi connectivity index (χ0v) is 16.1. The van der Waals surface area contributed by atoms with Crippen LogP contribution in [0.2, 0.25) is 0 Å². The molecule has 2 rings (SSSR count). The fourth-order valence-electron chi connectivity index (χ4n) is 2.43. The third-order valence-corrected chi connectivity index (χ3v) is 4.59. The van der Waals surface area contributed by atoms with E-state index in [1.54, 1.807) is 14.2 Å². The molecule has 2 N–H and O–H groups in total. The van der Waals surface area contributed by atoms with Crippen molar-refractivity contribution in [1.82, 2.24) is 10.6 Å². The third-order valence-electron chi connectivity index (χ3n) is 3.73. The summed E-state index contributed by atoms with van der Waals surface area (Å²) in [5, 5.41) is 6.50. The lowest BCUT2D eigenvalue weighted by atomic mass is 10.1. The summed E-state index contributed by atoms with van der Waals surface area (Å²) in [7, 11) is 0.353. The van der Waals surface area contributed by atoms with Crippen molar-refractivity contribution in [2.45, 2.75) is 18.8 Å². The van der Waals surface area contributed by atoms with Gasteiger partial charge in [-0.25, -0.2) is 8.42 Å². The Morgan fingerprint density at radius 3 is 2.19 bits per heavy atom. The van der Waals surface area contributed by atoms with Gasteiger partial charge in [0.25, 0.3) is 0 Å². The molecule has 0 atom stereocenters. The number of aliphatic imine (C=N–C) groups is 1. The summed E-state index contributed by atoms with van der Waals surface area (Å²) in [5.41, 5.74) is 2.93. The average Bonchev–Trinajstić information content (AvgIpc) is 2.62. The number of ether oxygens (including phenoxy) is 1. The first kappa shape index (κ1) is 19.8. The Morgan fingerprint density at radius 1 is 1.00 bits per heavy atom. The number of nitrogens with one attached hydrogen (secondary N) is 2. The van der Waals surface area contributed by atoms with Gasteiger partial charge >= 0.3 is 0 Å². The Morgan fingerprint density at radius 2 is 1.62 bits per heavy atom. The van der Waals surface area contributed by atoms with Crippen LogP contribution >= 0.6 is 0 Å². The summed E-state index contributed by atoms with van der Waals surface area (Å²) in [6.07, 6.45) is 1.24. The number of benzene rings is 2. The molecular weight excluding hydrogens is 350 g/mol. The maximum atomic E-state index is 11.3. The smallest absolute Gasteiger partial charge is 0.191 e. The Labute approximate surface area is 155 Å². The van der Waals surface area contributed by atoms with E-state index in [1.165, 1.54) is 6.26 Å². The van der Waals surface area contributed by atoms with Crippen LogP contribution in [-0.4, -0.2) is 34.8 Å². The van der Waals surface area contributed by atoms with Crippen molar-refractivity contribution in [1.29, 1.82) is 0 Å². The van der Waals surface area contributed by atoms with Gasteiger partial charge in [0.1, 0.15) is 5.75 Å². The molecule has 0 heterocycles. The quantitative estimate of drug-likeness (QED) is 0.572. The molecule has 0 amide bonds. The highest BCUT2D eigenvalue weighted by atomic mass is 32.2. The molecule has 140 valence electrons. The number of rotatable bonds is 7. The molecule has 0 aliphatic rings. The first-order valence-electron chi connectivity index (χ1n) is 8.22. The van der Waals surface area contributed by atoms with Crippen LogP contribution in [0.3, 0.4) is 0 Å². The van der Waals surface area contributed by atoms with E-state index in [-0.39, 0.29) is 5.75 Å². The normalized spacial score (nSPS) is 11.9. The monoisotopic (exact) mass is 375 g/mol. The minimum absolute atomic E-state index is 0.0600. The molecule has 0 unspecified atom stereocenters. The Kier molecular flexibility index (Phi) is 7.03. The predicted octanol–water partition coefficient (Wildman–Crippen LogP) is 2.10. The van der Waals surface area contributed by atoms with E-state index in [9.17, 15) is 8.42 Å². The molecule has 0 radical (unpaired) electrons. The molecule has 0 aromatic heterocycles. The van der Waals surface area contributed by atoms with E-state index in [0.717, 1.165) is 22.4 Å². The minimum atomic E-state index is -3.01. The number of hydrogen-bond acceptors (Lipinski definition) is 4. The van der Waals surface area contributed by atoms with Crippen molar-refractivity contribution >= 4 is 15.8 Å². The van der Waals surface area contributed by atoms with Crippen molar-refractivity contribution in [3.8, 4) is 5.75 Å². The maximum absolute atomic E-state index is 11.3. The molecular formula is C19H25N3O3S. The molecule has 0 saturated carbocycles. The van der Waals surface area contributed by atoms with Gasteiger partial charge in [0, 0.05) is 26.4 Å². The highest BCUT2D eigenvalue weighted by Crippen LogP contribution is 2.12. The SMILES string of the molecule is CN=C(NCc1ccc(CS(C)(=O)=O)cc1)NCc1cccc(OC)c1. The van der Waals surface area contributed by atoms with Gasteiger partial charge in [-0.1, -0.05) is 36.4 Å². The van der Waals surface area contributed by atoms with Gasteiger partial charge in [0.05, 0.1) is 12.9 Å². The average molecular weight is 375 g/mol. The number of sulfone groups is 1. The molecule has 0 aliphatic heterocycles. The number of guanidine groups is 1. The van der Waals surface area contributed by atoms with Crippen LogP contribution in [0.15, 0.2) is 53.5 Å². The molecule has 0 fully saturated rings. The van der Waals surface area contributed by atoms with Crippen molar-refractivity contribution < 1.29 is 13.2 Å². The highest BCUT2D eigenvalue weighted by molar-refractivity contribution is 7.89. The van der Waals surface area contributed by atoms with Crippen molar-refractivity contribution in [3.63, 3.8) is 0 Å². The van der Waals surface area contributed by atoms with E-state index >= 15 is 0 Å². The van der Waals surface area contributed by atoms with Gasteiger partial charge < -0.3 is 15.4 Å². The van der Waals surface area contributed by atoms with E-state index in [0.29, 0.717) is 19.0 Å². The van der Waals surface area contributed by atoms with Crippen molar-refractivity contribution in [2.75, 3.05) is 20.4 Å². The molecule has 0 saturated heterocycles. The molecule has 0 bridgehead atoms. The summed E-state index contributed by atoms with van der Waals surface area (Å²) in [6, 6.07) is 15.4. The summed E-state index contributed by atoms with van der Waals surface area (Å²) in [5.74, 6) is 1.57. The van der Waals surface area contributed by atoms with E-state index in [1.807, 2.05) is 48.5 Å². The number of hydrogen-bond donors (Lipinski definition) is 2. The second-order valence-electron chi connectivity index (χ2n) is 6.02. The molecule has 2 aromatic rings. The van der Waals surface area contributed by atoms with Gasteiger partial charge in [-0.3, -0.25) is 4.99 Å². The summed E-state index contributed by atoms with van der Waals surface area (Å²) in [4.78, 5) is 4.21. The Bertz CT molecular complexity index is 847. The zero-order valence-electron chi connectivity index (χ0n) is 15.3. The highest BCUT2D eigenvalue weighted by Gasteiger charge is 2.05. The van der Waals surface area contributed by atoms with Crippen LogP contribution in [0.25, 0.3) is 0 Å². The summed E-state index contributed by atoms with van der Waals surface area (Å²) >= 11 is 0. The van der Waals surface area contributed by atoms with Crippen LogP contribution in [0.4, 0.5) is 0 Å². The van der Waals surface area contributed by atoms with Crippen LogP contribution in [0.1, 0.15) is 16.7 Å². The Balaban J connectivity index is 1.86. The fraction of sp³-hybridized carbons (Fsp3) is 0.316. The van der Waals surface area contributed by atoms with E-state index in [4.69, 9.17) is 4.74 Å². The van der Waals surface area contributed by atoms with Crippen molar-refractivity contribution in [3.05, 3.63) is 65.2 Å². The fourth-order valence-corrected chi connectivity index (χ4v) is 3.23. The molecule has 7 heteroatoms. The standard InChI is InChI=1S/C19H25N3O3S/c1-20-19(22-13-17-5-4-6-18(11-17)25-2)21-12-15-7-9-16(10-8-15)14-26(3,23)24/h4-11H,12-14H2,1-3H3,(H2,20,21,22). The maximum Gasteiger partial charge on any atom is 0.191 e. The van der Waals surface area contributed by atoms with E-state index in [2.05, 4.69) is 15.6 Å². The van der Waals surface area contributed by atoms with Gasteiger partial charge in [-0.05, 0) is 28.8 Å². The lowest BCUT2D eigenvalue weighted by molar-refractivity contribution is 0.414. The van der Waals surface area contributed by atoms with Crippen molar-refractivity contribution in [2.24, 2.45) is 4.99 Å². The molecule has 0 spiro atoms. The van der Waals surface area contributed by atoms with Gasteiger partial charge in [0.2, 0.25) is 0 Å². The largest absolute Gasteiger partial charge is 0.497 e. The third kappa shape index (κ3) is 6.76. The first-order chi connectivity index (χ1) is 12.4. The van der Waals surface area contributed by atoms with Gasteiger partial charge in [-0.15, -0.1) is 0 Å². The molecule has 6 nitrogen and oxygen atoms in total. The van der Waals surface area contributed by atoms with Crippen LogP contribution in [-0.2, 0) is 28.7 Å². The topological polar surface area (TPSA) is 79.8 Å². The first-order valence-corrected chi connectivity index (χ1v) is 10.3. The summed E-state index contributed by atoms with van der Waals surface area (Å²) < 4.78 is 27.9. The van der Waals surface area contributed by atoms with Gasteiger partial charge in [0.15, 0.2) is 15.8 Å². The predicted molar refractivity (Wildman–Crippen MR) is 105 cm³/mol. The van der Waals surface area contributed by atoms with E-state index < -0.39 is 9.84 Å². The zero-order chi connectivity index (χ0) is 19.0. The lowest BCUT2D eigenvalue weighted by Crippen LogP contribution is -2.36. The van der Waals surface area contributed by atoms with Crippen LogP contribution < -0.4 is 15.4 Å². The number of methoxy groups -OCH3 is 1. The second-order valence-corrected chi connectivity index (χ2v) is 8.16. The Hall–Kier alpha value is -2.54. The second kappa shape index (κ2) is 9.24.